The van der Waals surface area contributed by atoms with Crippen molar-refractivity contribution in [2.75, 3.05) is 32.8 Å². The second kappa shape index (κ2) is 12.1. The number of nitrogens with one attached hydrogen (secondary N) is 1. The van der Waals surface area contributed by atoms with Crippen LogP contribution in [0.2, 0.25) is 0 Å². The number of carbonyl (C=O) groups is 4. The summed E-state index contributed by atoms with van der Waals surface area (Å²) in [4.78, 5) is 53.1. The summed E-state index contributed by atoms with van der Waals surface area (Å²) in [6.07, 6.45) is 7.24. The highest BCUT2D eigenvalue weighted by atomic mass is 16.6. The lowest BCUT2D eigenvalue weighted by atomic mass is 9.86. The van der Waals surface area contributed by atoms with Gasteiger partial charge in [0.1, 0.15) is 11.6 Å². The maximum atomic E-state index is 13.2. The first-order valence-corrected chi connectivity index (χ1v) is 12.8. The van der Waals surface area contributed by atoms with E-state index in [9.17, 15) is 19.2 Å². The fourth-order valence-electron chi connectivity index (χ4n) is 4.62. The molecule has 0 bridgehead atoms. The minimum absolute atomic E-state index is 0.122. The molecule has 0 aromatic heterocycles. The number of hydrogen-bond acceptors (Lipinski definition) is 6. The summed E-state index contributed by atoms with van der Waals surface area (Å²) in [5.41, 5.74) is 2.09. The van der Waals surface area contributed by atoms with Crippen molar-refractivity contribution < 1.29 is 28.7 Å². The minimum atomic E-state index is -0.795. The first-order valence-electron chi connectivity index (χ1n) is 12.8. The summed E-state index contributed by atoms with van der Waals surface area (Å²) in [6, 6.07) is 5.20. The molecule has 0 aliphatic carbocycles. The van der Waals surface area contributed by atoms with E-state index >= 15 is 0 Å². The lowest BCUT2D eigenvalue weighted by molar-refractivity contribution is -0.143. The van der Waals surface area contributed by atoms with Crippen LogP contribution in [0, 0.1) is 12.3 Å². The summed E-state index contributed by atoms with van der Waals surface area (Å²) < 4.78 is 10.4. The van der Waals surface area contributed by atoms with E-state index in [4.69, 9.17) is 15.9 Å². The van der Waals surface area contributed by atoms with Crippen LogP contribution in [0.3, 0.4) is 0 Å². The molecule has 1 fully saturated rings. The molecule has 2 aliphatic rings. The number of ether oxygens (including phenoxy) is 2. The smallest absolute Gasteiger partial charge is 0.410 e. The lowest BCUT2D eigenvalue weighted by Gasteiger charge is -2.34. The average molecular weight is 512 g/mol. The molecule has 1 aromatic rings. The molecule has 0 spiro atoms. The van der Waals surface area contributed by atoms with Crippen LogP contribution in [0.5, 0.6) is 0 Å². The highest BCUT2D eigenvalue weighted by Crippen LogP contribution is 2.31. The van der Waals surface area contributed by atoms with Crippen LogP contribution >= 0.6 is 0 Å². The van der Waals surface area contributed by atoms with Crippen LogP contribution in [0.4, 0.5) is 4.79 Å². The number of esters is 1. The van der Waals surface area contributed by atoms with Gasteiger partial charge in [-0.2, -0.15) is 0 Å². The van der Waals surface area contributed by atoms with Gasteiger partial charge in [-0.3, -0.25) is 14.4 Å². The molecule has 1 aromatic carbocycles. The Morgan fingerprint density at radius 2 is 1.89 bits per heavy atom. The van der Waals surface area contributed by atoms with Crippen LogP contribution in [0.25, 0.3) is 0 Å². The summed E-state index contributed by atoms with van der Waals surface area (Å²) in [5, 5.41) is 2.63. The van der Waals surface area contributed by atoms with E-state index in [-0.39, 0.29) is 37.5 Å². The molecule has 3 amide bonds. The summed E-state index contributed by atoms with van der Waals surface area (Å²) in [5.74, 6) is 1.50. The lowest BCUT2D eigenvalue weighted by Crippen LogP contribution is -2.46. The van der Waals surface area contributed by atoms with Gasteiger partial charge in [-0.05, 0) is 70.1 Å². The van der Waals surface area contributed by atoms with E-state index in [0.717, 1.165) is 24.0 Å². The number of terminal acetylenes is 1. The Morgan fingerprint density at radius 1 is 1.19 bits per heavy atom. The molecule has 1 saturated heterocycles. The second-order valence-electron chi connectivity index (χ2n) is 10.4. The summed E-state index contributed by atoms with van der Waals surface area (Å²) in [6.45, 7) is 8.96. The predicted molar refractivity (Wildman–Crippen MR) is 138 cm³/mol. The molecule has 200 valence electrons. The third kappa shape index (κ3) is 7.72. The zero-order valence-electron chi connectivity index (χ0n) is 22.2. The van der Waals surface area contributed by atoms with Crippen molar-refractivity contribution >= 4 is 23.9 Å². The van der Waals surface area contributed by atoms with Crippen molar-refractivity contribution in [2.45, 2.75) is 70.9 Å². The average Bonchev–Trinajstić information content (AvgIpc) is 2.84. The monoisotopic (exact) mass is 511 g/mol. The normalized spacial score (nSPS) is 16.9. The number of benzene rings is 1. The number of fused-ring (bicyclic) bond motifs is 1. The van der Waals surface area contributed by atoms with Crippen LogP contribution < -0.4 is 5.32 Å². The number of likely N-dealkylation sites (tertiary alicyclic amines) is 1. The quantitative estimate of drug-likeness (QED) is 0.446. The Hall–Kier alpha value is -3.54. The predicted octanol–water partition coefficient (Wildman–Crippen LogP) is 2.87. The van der Waals surface area contributed by atoms with Crippen LogP contribution in [0.1, 0.15) is 74.4 Å². The van der Waals surface area contributed by atoms with Gasteiger partial charge in [0.15, 0.2) is 0 Å². The zero-order chi connectivity index (χ0) is 27.2. The van der Waals surface area contributed by atoms with E-state index in [0.29, 0.717) is 31.6 Å². The van der Waals surface area contributed by atoms with Crippen molar-refractivity contribution in [3.05, 3.63) is 34.9 Å². The van der Waals surface area contributed by atoms with Crippen molar-refractivity contribution in [3.63, 3.8) is 0 Å². The maximum absolute atomic E-state index is 13.2. The minimum Gasteiger partial charge on any atom is -0.466 e. The Kier molecular flexibility index (Phi) is 9.19. The van der Waals surface area contributed by atoms with Crippen molar-refractivity contribution in [3.8, 4) is 12.3 Å². The van der Waals surface area contributed by atoms with Gasteiger partial charge in [0, 0.05) is 25.2 Å². The van der Waals surface area contributed by atoms with Gasteiger partial charge in [-0.25, -0.2) is 4.79 Å². The Balaban J connectivity index is 1.59. The first-order chi connectivity index (χ1) is 17.5. The van der Waals surface area contributed by atoms with E-state index in [2.05, 4.69) is 17.3 Å². The third-order valence-corrected chi connectivity index (χ3v) is 6.47. The molecule has 1 atom stereocenters. The molecule has 2 aliphatic heterocycles. The molecule has 0 saturated carbocycles. The summed E-state index contributed by atoms with van der Waals surface area (Å²) in [7, 11) is 0. The topological polar surface area (TPSA) is 105 Å². The van der Waals surface area contributed by atoms with Crippen LogP contribution in [0.15, 0.2) is 18.2 Å². The maximum Gasteiger partial charge on any atom is 0.410 e. The van der Waals surface area contributed by atoms with Gasteiger partial charge in [0.2, 0.25) is 5.91 Å². The second-order valence-corrected chi connectivity index (χ2v) is 10.4. The molecular weight excluding hydrogens is 474 g/mol. The van der Waals surface area contributed by atoms with E-state index in [1.54, 1.807) is 11.8 Å². The molecule has 3 rings (SSSR count). The molecule has 9 nitrogen and oxygen atoms in total. The SMILES string of the molecule is C#C[C@H](CC(=O)OCC)NC(=O)CN1CCc2ccc(C3CCN(C(=O)OC(C)(C)C)CC3)cc2C1=O. The molecule has 37 heavy (non-hydrogen) atoms. The highest BCUT2D eigenvalue weighted by Gasteiger charge is 2.30. The van der Waals surface area contributed by atoms with Gasteiger partial charge in [0.25, 0.3) is 5.91 Å². The Morgan fingerprint density at radius 3 is 2.51 bits per heavy atom. The van der Waals surface area contributed by atoms with E-state index in [1.807, 2.05) is 32.9 Å². The molecular formula is C28H37N3O6. The number of rotatable bonds is 7. The van der Waals surface area contributed by atoms with Gasteiger partial charge in [-0.1, -0.05) is 18.1 Å². The van der Waals surface area contributed by atoms with Gasteiger partial charge >= 0.3 is 12.1 Å². The fraction of sp³-hybridized carbons (Fsp3) is 0.571. The molecule has 2 heterocycles. The van der Waals surface area contributed by atoms with Gasteiger partial charge < -0.3 is 24.6 Å². The Labute approximate surface area is 218 Å². The van der Waals surface area contributed by atoms with E-state index in [1.165, 1.54) is 4.90 Å². The number of hydrogen-bond donors (Lipinski definition) is 1. The number of carbonyl (C=O) groups excluding carboxylic acids is 4. The van der Waals surface area contributed by atoms with Crippen molar-refractivity contribution in [1.82, 2.24) is 15.1 Å². The van der Waals surface area contributed by atoms with Crippen LogP contribution in [-0.2, 0) is 25.5 Å². The fourth-order valence-corrected chi connectivity index (χ4v) is 4.62. The largest absolute Gasteiger partial charge is 0.466 e. The zero-order valence-corrected chi connectivity index (χ0v) is 22.2. The van der Waals surface area contributed by atoms with Crippen molar-refractivity contribution in [2.24, 2.45) is 0 Å². The van der Waals surface area contributed by atoms with Gasteiger partial charge in [-0.15, -0.1) is 6.42 Å². The van der Waals surface area contributed by atoms with Crippen molar-refractivity contribution in [1.29, 1.82) is 0 Å². The van der Waals surface area contributed by atoms with E-state index < -0.39 is 23.5 Å². The highest BCUT2D eigenvalue weighted by molar-refractivity contribution is 5.99. The third-order valence-electron chi connectivity index (χ3n) is 6.47. The standard InChI is InChI=1S/C28H37N3O6/c1-6-22(17-25(33)36-7-2)29-24(32)18-31-15-12-20-8-9-21(16-23(20)26(31)34)19-10-13-30(14-11-19)27(35)37-28(3,4)5/h1,8-9,16,19,22H,7,10-15,17-18H2,2-5H3,(H,29,32)/t22-/m1/s1. The van der Waals surface area contributed by atoms with Gasteiger partial charge in [0.05, 0.1) is 19.6 Å². The van der Waals surface area contributed by atoms with Crippen LogP contribution in [-0.4, -0.2) is 78.1 Å². The summed E-state index contributed by atoms with van der Waals surface area (Å²) >= 11 is 0. The first kappa shape index (κ1) is 28.0. The molecule has 0 radical (unpaired) electrons. The number of amides is 3. The molecule has 9 heteroatoms. The molecule has 0 unspecified atom stereocenters. The number of piperidine rings is 1. The number of nitrogens with zero attached hydrogens (tertiary/aromatic N) is 2. The molecule has 1 N–H and O–H groups in total. The Bertz CT molecular complexity index is 1060.